The third-order valence-corrected chi connectivity index (χ3v) is 3.83. The minimum Gasteiger partial charge on any atom is -0.294 e. The van der Waals surface area contributed by atoms with E-state index >= 15 is 0 Å². The van der Waals surface area contributed by atoms with Gasteiger partial charge in [-0.3, -0.25) is 4.90 Å². The van der Waals surface area contributed by atoms with Crippen molar-refractivity contribution in [2.24, 2.45) is 0 Å². The Bertz CT molecular complexity index is 369. The molecule has 1 aliphatic heterocycles. The van der Waals surface area contributed by atoms with Crippen LogP contribution < -0.4 is 0 Å². The highest BCUT2D eigenvalue weighted by molar-refractivity contribution is 9.10. The molecule has 1 aromatic rings. The first-order chi connectivity index (χ1) is 7.47. The van der Waals surface area contributed by atoms with E-state index in [1.165, 1.54) is 18.9 Å². The molecule has 1 aliphatic rings. The maximum atomic E-state index is 13.2. The SMILES string of the molecule is CC1(C)CCCN1Cc1cc(F)cc(Br)c1. The molecule has 88 valence electrons. The number of benzene rings is 1. The minimum atomic E-state index is -0.165. The average Bonchev–Trinajstić information content (AvgIpc) is 2.44. The molecule has 1 fully saturated rings. The van der Waals surface area contributed by atoms with Crippen molar-refractivity contribution in [1.82, 2.24) is 4.90 Å². The fraction of sp³-hybridized carbons (Fsp3) is 0.538. The summed E-state index contributed by atoms with van der Waals surface area (Å²) in [5.41, 5.74) is 1.29. The Kier molecular flexibility index (Phi) is 3.36. The summed E-state index contributed by atoms with van der Waals surface area (Å²) in [6, 6.07) is 5.12. The highest BCUT2D eigenvalue weighted by Crippen LogP contribution is 2.30. The number of halogens is 2. The van der Waals surface area contributed by atoms with Crippen LogP contribution in [0.15, 0.2) is 22.7 Å². The van der Waals surface area contributed by atoms with Gasteiger partial charge in [0.15, 0.2) is 0 Å². The molecule has 1 aromatic carbocycles. The van der Waals surface area contributed by atoms with Gasteiger partial charge in [-0.1, -0.05) is 15.9 Å². The molecular weight excluding hydrogens is 269 g/mol. The van der Waals surface area contributed by atoms with Gasteiger partial charge in [-0.15, -0.1) is 0 Å². The molecule has 0 spiro atoms. The lowest BCUT2D eigenvalue weighted by Crippen LogP contribution is -2.37. The van der Waals surface area contributed by atoms with Crippen LogP contribution in [-0.4, -0.2) is 17.0 Å². The van der Waals surface area contributed by atoms with Gasteiger partial charge in [-0.2, -0.15) is 0 Å². The van der Waals surface area contributed by atoms with Crippen LogP contribution in [0.25, 0.3) is 0 Å². The Labute approximate surface area is 105 Å². The maximum absolute atomic E-state index is 13.2. The van der Waals surface area contributed by atoms with Crippen LogP contribution in [-0.2, 0) is 6.54 Å². The molecule has 1 saturated heterocycles. The van der Waals surface area contributed by atoms with Crippen molar-refractivity contribution in [3.05, 3.63) is 34.1 Å². The van der Waals surface area contributed by atoms with E-state index in [2.05, 4.69) is 34.7 Å². The van der Waals surface area contributed by atoms with E-state index in [0.29, 0.717) is 0 Å². The van der Waals surface area contributed by atoms with E-state index in [9.17, 15) is 4.39 Å². The third kappa shape index (κ3) is 2.64. The summed E-state index contributed by atoms with van der Waals surface area (Å²) in [5, 5.41) is 0. The molecule has 0 aliphatic carbocycles. The third-order valence-electron chi connectivity index (χ3n) is 3.37. The molecular formula is C13H17BrFN. The fourth-order valence-corrected chi connectivity index (χ4v) is 2.89. The molecule has 0 amide bonds. The number of hydrogen-bond donors (Lipinski definition) is 0. The van der Waals surface area contributed by atoms with Gasteiger partial charge >= 0.3 is 0 Å². The fourth-order valence-electron chi connectivity index (χ4n) is 2.38. The summed E-state index contributed by atoms with van der Waals surface area (Å²) in [4.78, 5) is 2.42. The first kappa shape index (κ1) is 12.1. The van der Waals surface area contributed by atoms with Crippen LogP contribution in [0.2, 0.25) is 0 Å². The molecule has 0 bridgehead atoms. The summed E-state index contributed by atoms with van der Waals surface area (Å²) in [6.45, 7) is 6.47. The zero-order valence-corrected chi connectivity index (χ0v) is 11.3. The lowest BCUT2D eigenvalue weighted by atomic mass is 10.0. The van der Waals surface area contributed by atoms with Crippen LogP contribution in [0.4, 0.5) is 4.39 Å². The molecule has 0 radical (unpaired) electrons. The van der Waals surface area contributed by atoms with E-state index in [-0.39, 0.29) is 11.4 Å². The second kappa shape index (κ2) is 4.46. The summed E-state index contributed by atoms with van der Waals surface area (Å²) < 4.78 is 14.1. The maximum Gasteiger partial charge on any atom is 0.124 e. The van der Waals surface area contributed by atoms with Crippen LogP contribution in [0.1, 0.15) is 32.3 Å². The van der Waals surface area contributed by atoms with Crippen molar-refractivity contribution < 1.29 is 4.39 Å². The van der Waals surface area contributed by atoms with Crippen molar-refractivity contribution >= 4 is 15.9 Å². The predicted octanol–water partition coefficient (Wildman–Crippen LogP) is 3.96. The van der Waals surface area contributed by atoms with Gasteiger partial charge in [0.2, 0.25) is 0 Å². The lowest BCUT2D eigenvalue weighted by molar-refractivity contribution is 0.166. The van der Waals surface area contributed by atoms with E-state index in [0.717, 1.165) is 23.1 Å². The highest BCUT2D eigenvalue weighted by atomic mass is 79.9. The van der Waals surface area contributed by atoms with Crippen LogP contribution in [0.5, 0.6) is 0 Å². The summed E-state index contributed by atoms with van der Waals surface area (Å²) in [7, 11) is 0. The van der Waals surface area contributed by atoms with Gasteiger partial charge in [0, 0.05) is 16.6 Å². The summed E-state index contributed by atoms with van der Waals surface area (Å²) in [5.74, 6) is -0.165. The molecule has 0 atom stereocenters. The molecule has 3 heteroatoms. The summed E-state index contributed by atoms with van der Waals surface area (Å²) in [6.07, 6.45) is 2.47. The van der Waals surface area contributed by atoms with Crippen molar-refractivity contribution in [2.75, 3.05) is 6.54 Å². The minimum absolute atomic E-state index is 0.165. The highest BCUT2D eigenvalue weighted by Gasteiger charge is 2.31. The molecule has 1 heterocycles. The molecule has 16 heavy (non-hydrogen) atoms. The largest absolute Gasteiger partial charge is 0.294 e. The lowest BCUT2D eigenvalue weighted by Gasteiger charge is -2.31. The first-order valence-corrected chi connectivity index (χ1v) is 6.47. The van der Waals surface area contributed by atoms with Crippen LogP contribution >= 0.6 is 15.9 Å². The molecule has 0 unspecified atom stereocenters. The Morgan fingerprint density at radius 2 is 2.12 bits per heavy atom. The van der Waals surface area contributed by atoms with E-state index in [1.54, 1.807) is 6.07 Å². The van der Waals surface area contributed by atoms with Crippen molar-refractivity contribution in [2.45, 2.75) is 38.8 Å². The second-order valence-corrected chi connectivity index (χ2v) is 6.03. The zero-order chi connectivity index (χ0) is 11.8. The quantitative estimate of drug-likeness (QED) is 0.795. The first-order valence-electron chi connectivity index (χ1n) is 5.67. The second-order valence-electron chi connectivity index (χ2n) is 5.12. The normalized spacial score (nSPS) is 20.2. The average molecular weight is 286 g/mol. The Morgan fingerprint density at radius 1 is 1.38 bits per heavy atom. The Hall–Kier alpha value is -0.410. The van der Waals surface area contributed by atoms with E-state index in [1.807, 2.05) is 6.07 Å². The monoisotopic (exact) mass is 285 g/mol. The van der Waals surface area contributed by atoms with Crippen LogP contribution in [0, 0.1) is 5.82 Å². The number of rotatable bonds is 2. The molecule has 2 rings (SSSR count). The van der Waals surface area contributed by atoms with Crippen molar-refractivity contribution in [3.63, 3.8) is 0 Å². The molecule has 0 aromatic heterocycles. The van der Waals surface area contributed by atoms with Crippen molar-refractivity contribution in [3.8, 4) is 0 Å². The van der Waals surface area contributed by atoms with Gasteiger partial charge in [0.1, 0.15) is 5.82 Å². The van der Waals surface area contributed by atoms with Gasteiger partial charge in [0.25, 0.3) is 0 Å². The van der Waals surface area contributed by atoms with Gasteiger partial charge in [0.05, 0.1) is 0 Å². The molecule has 0 saturated carbocycles. The number of hydrogen-bond acceptors (Lipinski definition) is 1. The van der Waals surface area contributed by atoms with E-state index < -0.39 is 0 Å². The van der Waals surface area contributed by atoms with Crippen LogP contribution in [0.3, 0.4) is 0 Å². The van der Waals surface area contributed by atoms with Gasteiger partial charge < -0.3 is 0 Å². The zero-order valence-electron chi connectivity index (χ0n) is 9.76. The van der Waals surface area contributed by atoms with Gasteiger partial charge in [-0.25, -0.2) is 4.39 Å². The predicted molar refractivity (Wildman–Crippen MR) is 67.8 cm³/mol. The molecule has 1 nitrogen and oxygen atoms in total. The van der Waals surface area contributed by atoms with Gasteiger partial charge in [-0.05, 0) is 57.0 Å². The van der Waals surface area contributed by atoms with Crippen molar-refractivity contribution in [1.29, 1.82) is 0 Å². The number of likely N-dealkylation sites (tertiary alicyclic amines) is 1. The smallest absolute Gasteiger partial charge is 0.124 e. The summed E-state index contributed by atoms with van der Waals surface area (Å²) >= 11 is 3.33. The Balaban J connectivity index is 2.14. The van der Waals surface area contributed by atoms with E-state index in [4.69, 9.17) is 0 Å². The Morgan fingerprint density at radius 3 is 2.69 bits per heavy atom. The molecule has 0 N–H and O–H groups in total. The topological polar surface area (TPSA) is 3.24 Å². The number of nitrogens with zero attached hydrogens (tertiary/aromatic N) is 1. The standard InChI is InChI=1S/C13H17BrFN/c1-13(2)4-3-5-16(13)9-10-6-11(14)8-12(15)7-10/h6-8H,3-5,9H2,1-2H3.